The van der Waals surface area contributed by atoms with Crippen molar-refractivity contribution in [3.8, 4) is 0 Å². The van der Waals surface area contributed by atoms with Crippen LogP contribution in [0.3, 0.4) is 0 Å². The highest BCUT2D eigenvalue weighted by Crippen LogP contribution is 2.18. The first kappa shape index (κ1) is 19.8. The van der Waals surface area contributed by atoms with E-state index in [1.54, 1.807) is 0 Å². The molecule has 1 atom stereocenters. The van der Waals surface area contributed by atoms with Gasteiger partial charge in [-0.05, 0) is 55.4 Å². The molecule has 5 nitrogen and oxygen atoms in total. The molecule has 1 fully saturated rings. The molecule has 1 aliphatic rings. The third kappa shape index (κ3) is 5.08. The predicted molar refractivity (Wildman–Crippen MR) is 114 cm³/mol. The quantitative estimate of drug-likeness (QED) is 0.563. The van der Waals surface area contributed by atoms with E-state index in [0.717, 1.165) is 60.9 Å². The van der Waals surface area contributed by atoms with Gasteiger partial charge < -0.3 is 19.9 Å². The number of rotatable bonds is 7. The number of aryl methyl sites for hydroxylation is 1. The standard InChI is InChI=1S/C21H29N3O2S/c1-3-4-10-22-21(27)24(14-18-9-6-11-26-18)13-17-12-16-8-5-7-15(2)19(16)23-20(17)25/h5,7-8,12,18H,3-4,6,9-11,13-14H2,1-2H3,(H,22,27)(H,23,25). The van der Waals surface area contributed by atoms with Crippen LogP contribution < -0.4 is 10.9 Å². The Morgan fingerprint density at radius 3 is 3.04 bits per heavy atom. The van der Waals surface area contributed by atoms with Crippen LogP contribution in [0.15, 0.2) is 29.1 Å². The summed E-state index contributed by atoms with van der Waals surface area (Å²) < 4.78 is 5.80. The van der Waals surface area contributed by atoms with Gasteiger partial charge in [0.2, 0.25) is 0 Å². The molecule has 2 N–H and O–H groups in total. The van der Waals surface area contributed by atoms with Crippen LogP contribution in [-0.2, 0) is 11.3 Å². The SMILES string of the molecule is CCCCNC(=S)N(Cc1cc2cccc(C)c2[nH]c1=O)CC1CCCO1. The summed E-state index contributed by atoms with van der Waals surface area (Å²) in [5.41, 5.74) is 2.65. The van der Waals surface area contributed by atoms with Crippen molar-refractivity contribution in [3.63, 3.8) is 0 Å². The first-order valence-corrected chi connectivity index (χ1v) is 10.2. The van der Waals surface area contributed by atoms with Gasteiger partial charge in [0.1, 0.15) is 0 Å². The van der Waals surface area contributed by atoms with Gasteiger partial charge in [0.25, 0.3) is 5.56 Å². The van der Waals surface area contributed by atoms with Gasteiger partial charge in [0.15, 0.2) is 5.11 Å². The number of aromatic nitrogens is 1. The van der Waals surface area contributed by atoms with Gasteiger partial charge >= 0.3 is 0 Å². The highest BCUT2D eigenvalue weighted by atomic mass is 32.1. The molecular formula is C21H29N3O2S. The van der Waals surface area contributed by atoms with E-state index in [9.17, 15) is 4.79 Å². The number of aromatic amines is 1. The zero-order chi connectivity index (χ0) is 19.2. The van der Waals surface area contributed by atoms with Gasteiger partial charge in [-0.1, -0.05) is 31.5 Å². The first-order chi connectivity index (χ1) is 13.1. The highest BCUT2D eigenvalue weighted by molar-refractivity contribution is 7.80. The largest absolute Gasteiger partial charge is 0.376 e. The summed E-state index contributed by atoms with van der Waals surface area (Å²) >= 11 is 5.63. The predicted octanol–water partition coefficient (Wildman–Crippen LogP) is 3.49. The number of H-pyrrole nitrogens is 1. The summed E-state index contributed by atoms with van der Waals surface area (Å²) in [4.78, 5) is 17.8. The van der Waals surface area contributed by atoms with Crippen molar-refractivity contribution in [1.82, 2.24) is 15.2 Å². The number of para-hydroxylation sites is 1. The third-order valence-electron chi connectivity index (χ3n) is 5.07. The Hall–Kier alpha value is -1.92. The van der Waals surface area contributed by atoms with Crippen LogP contribution in [0, 0.1) is 6.92 Å². The van der Waals surface area contributed by atoms with Crippen LogP contribution in [-0.4, -0.2) is 40.8 Å². The van der Waals surface area contributed by atoms with Crippen molar-refractivity contribution in [3.05, 3.63) is 45.7 Å². The van der Waals surface area contributed by atoms with Gasteiger partial charge in [-0.25, -0.2) is 0 Å². The van der Waals surface area contributed by atoms with Gasteiger partial charge in [-0.2, -0.15) is 0 Å². The Bertz CT molecular complexity index is 843. The van der Waals surface area contributed by atoms with Crippen molar-refractivity contribution in [2.75, 3.05) is 19.7 Å². The second-order valence-electron chi connectivity index (χ2n) is 7.26. The van der Waals surface area contributed by atoms with Crippen LogP contribution in [0.2, 0.25) is 0 Å². The van der Waals surface area contributed by atoms with Crippen LogP contribution in [0.25, 0.3) is 10.9 Å². The molecule has 0 bridgehead atoms. The van der Waals surface area contributed by atoms with Crippen molar-refractivity contribution in [2.45, 2.75) is 52.2 Å². The van der Waals surface area contributed by atoms with Gasteiger partial charge in [0.05, 0.1) is 18.2 Å². The molecule has 3 rings (SSSR count). The van der Waals surface area contributed by atoms with Crippen LogP contribution in [0.4, 0.5) is 0 Å². The Morgan fingerprint density at radius 1 is 1.44 bits per heavy atom. The lowest BCUT2D eigenvalue weighted by Gasteiger charge is -2.28. The number of pyridine rings is 1. The summed E-state index contributed by atoms with van der Waals surface area (Å²) in [6.45, 7) is 7.02. The molecule has 1 aliphatic heterocycles. The van der Waals surface area contributed by atoms with Crippen molar-refractivity contribution >= 4 is 28.2 Å². The maximum absolute atomic E-state index is 12.7. The molecule has 6 heteroatoms. The van der Waals surface area contributed by atoms with E-state index in [-0.39, 0.29) is 11.7 Å². The maximum atomic E-state index is 12.7. The Labute approximate surface area is 166 Å². The zero-order valence-corrected chi connectivity index (χ0v) is 17.0. The lowest BCUT2D eigenvalue weighted by molar-refractivity contribution is 0.0897. The molecule has 0 spiro atoms. The number of unbranched alkanes of at least 4 members (excludes halogenated alkanes) is 1. The topological polar surface area (TPSA) is 57.4 Å². The second kappa shape index (κ2) is 9.33. The van der Waals surface area contributed by atoms with Crippen molar-refractivity contribution in [2.24, 2.45) is 0 Å². The Morgan fingerprint density at radius 2 is 2.30 bits per heavy atom. The van der Waals surface area contributed by atoms with Crippen LogP contribution >= 0.6 is 12.2 Å². The van der Waals surface area contributed by atoms with E-state index in [2.05, 4.69) is 22.1 Å². The molecule has 0 radical (unpaired) electrons. The third-order valence-corrected chi connectivity index (χ3v) is 5.47. The van der Waals surface area contributed by atoms with Crippen LogP contribution in [0.5, 0.6) is 0 Å². The number of nitrogens with one attached hydrogen (secondary N) is 2. The fourth-order valence-corrected chi connectivity index (χ4v) is 3.73. The van der Waals surface area contributed by atoms with E-state index in [0.29, 0.717) is 18.2 Å². The fourth-order valence-electron chi connectivity index (χ4n) is 3.49. The minimum Gasteiger partial charge on any atom is -0.376 e. The number of fused-ring (bicyclic) bond motifs is 1. The van der Waals surface area contributed by atoms with Gasteiger partial charge in [-0.3, -0.25) is 4.79 Å². The monoisotopic (exact) mass is 387 g/mol. The smallest absolute Gasteiger partial charge is 0.253 e. The maximum Gasteiger partial charge on any atom is 0.253 e. The lowest BCUT2D eigenvalue weighted by atomic mass is 10.1. The Kier molecular flexibility index (Phi) is 6.85. The normalized spacial score (nSPS) is 16.6. The van der Waals surface area contributed by atoms with E-state index in [4.69, 9.17) is 17.0 Å². The van der Waals surface area contributed by atoms with Crippen molar-refractivity contribution < 1.29 is 4.74 Å². The Balaban J connectivity index is 1.81. The summed E-state index contributed by atoms with van der Waals surface area (Å²) in [5.74, 6) is 0. The highest BCUT2D eigenvalue weighted by Gasteiger charge is 2.22. The molecule has 0 aliphatic carbocycles. The number of hydrogen-bond donors (Lipinski definition) is 2. The molecule has 0 amide bonds. The van der Waals surface area contributed by atoms with E-state index >= 15 is 0 Å². The summed E-state index contributed by atoms with van der Waals surface area (Å²) in [6.07, 6.45) is 4.50. The van der Waals surface area contributed by atoms with E-state index in [1.807, 2.05) is 31.2 Å². The molecule has 2 aromatic rings. The van der Waals surface area contributed by atoms with E-state index in [1.165, 1.54) is 0 Å². The van der Waals surface area contributed by atoms with Gasteiger partial charge in [-0.15, -0.1) is 0 Å². The first-order valence-electron chi connectivity index (χ1n) is 9.84. The summed E-state index contributed by atoms with van der Waals surface area (Å²) in [6, 6.07) is 8.04. The molecule has 1 aromatic heterocycles. The van der Waals surface area contributed by atoms with Crippen molar-refractivity contribution in [1.29, 1.82) is 0 Å². The molecule has 27 heavy (non-hydrogen) atoms. The summed E-state index contributed by atoms with van der Waals surface area (Å²) in [7, 11) is 0. The minimum atomic E-state index is -0.0505. The molecule has 1 saturated heterocycles. The van der Waals surface area contributed by atoms with Crippen LogP contribution in [0.1, 0.15) is 43.7 Å². The second-order valence-corrected chi connectivity index (χ2v) is 7.65. The zero-order valence-electron chi connectivity index (χ0n) is 16.2. The molecule has 146 valence electrons. The average Bonchev–Trinajstić information content (AvgIpc) is 3.16. The number of hydrogen-bond acceptors (Lipinski definition) is 3. The molecule has 1 unspecified atom stereocenters. The number of nitrogens with zero attached hydrogens (tertiary/aromatic N) is 1. The average molecular weight is 388 g/mol. The molecular weight excluding hydrogens is 358 g/mol. The van der Waals surface area contributed by atoms with E-state index < -0.39 is 0 Å². The summed E-state index contributed by atoms with van der Waals surface area (Å²) in [5, 5.41) is 5.08. The lowest BCUT2D eigenvalue weighted by Crippen LogP contribution is -2.44. The molecule has 2 heterocycles. The molecule has 0 saturated carbocycles. The minimum absolute atomic E-state index is 0.0505. The fraction of sp³-hybridized carbons (Fsp3) is 0.524. The number of thiocarbonyl (C=S) groups is 1. The number of benzene rings is 1. The molecule has 1 aromatic carbocycles. The number of ether oxygens (including phenoxy) is 1. The van der Waals surface area contributed by atoms with Gasteiger partial charge in [0, 0.05) is 25.3 Å².